The molecule has 1 aliphatic rings. The number of benzene rings is 2. The van der Waals surface area contributed by atoms with Gasteiger partial charge in [0.05, 0.1) is 16.5 Å². The van der Waals surface area contributed by atoms with Gasteiger partial charge in [0.25, 0.3) is 5.69 Å². The zero-order valence-electron chi connectivity index (χ0n) is 15.6. The lowest BCUT2D eigenvalue weighted by Gasteiger charge is -2.27. The molecule has 1 amide bonds. The Kier molecular flexibility index (Phi) is 5.76. The Bertz CT molecular complexity index is 931. The molecule has 154 valence electrons. The van der Waals surface area contributed by atoms with Crippen molar-refractivity contribution >= 4 is 17.3 Å². The quantitative estimate of drug-likeness (QED) is 0.560. The first-order valence-electron chi connectivity index (χ1n) is 9.17. The molecule has 6 nitrogen and oxygen atoms in total. The highest BCUT2D eigenvalue weighted by Crippen LogP contribution is 2.35. The van der Waals surface area contributed by atoms with E-state index in [9.17, 15) is 28.1 Å². The molecule has 2 N–H and O–H groups in total. The van der Waals surface area contributed by atoms with Gasteiger partial charge in [0.2, 0.25) is 5.91 Å². The van der Waals surface area contributed by atoms with Gasteiger partial charge in [-0.3, -0.25) is 14.9 Å². The Morgan fingerprint density at radius 2 is 1.97 bits per heavy atom. The number of alkyl halides is 3. The van der Waals surface area contributed by atoms with Crippen LogP contribution in [0.1, 0.15) is 42.5 Å². The zero-order valence-corrected chi connectivity index (χ0v) is 15.6. The Labute approximate surface area is 165 Å². The number of nitro groups is 1. The lowest BCUT2D eigenvalue weighted by Crippen LogP contribution is -2.40. The number of nitrogens with one attached hydrogen (secondary N) is 2. The van der Waals surface area contributed by atoms with Crippen LogP contribution in [0.3, 0.4) is 0 Å². The third-order valence-electron chi connectivity index (χ3n) is 4.97. The van der Waals surface area contributed by atoms with Gasteiger partial charge in [0.1, 0.15) is 11.7 Å². The van der Waals surface area contributed by atoms with Crippen LogP contribution >= 0.6 is 0 Å². The van der Waals surface area contributed by atoms with Crippen LogP contribution in [0.2, 0.25) is 0 Å². The summed E-state index contributed by atoms with van der Waals surface area (Å²) in [5, 5.41) is 16.8. The average Bonchev–Trinajstić information content (AvgIpc) is 2.67. The van der Waals surface area contributed by atoms with Crippen LogP contribution in [0, 0.1) is 10.1 Å². The van der Waals surface area contributed by atoms with E-state index in [1.54, 1.807) is 0 Å². The first-order valence-corrected chi connectivity index (χ1v) is 9.17. The summed E-state index contributed by atoms with van der Waals surface area (Å²) in [4.78, 5) is 22.9. The van der Waals surface area contributed by atoms with Crippen molar-refractivity contribution in [1.82, 2.24) is 5.32 Å². The number of fused-ring (bicyclic) bond motifs is 1. The van der Waals surface area contributed by atoms with Crippen LogP contribution in [0.5, 0.6) is 0 Å². The van der Waals surface area contributed by atoms with E-state index in [4.69, 9.17) is 0 Å². The van der Waals surface area contributed by atoms with Crippen molar-refractivity contribution < 1.29 is 22.9 Å². The highest BCUT2D eigenvalue weighted by molar-refractivity contribution is 5.85. The number of amides is 1. The summed E-state index contributed by atoms with van der Waals surface area (Å²) in [6.07, 6.45) is -2.06. The maximum Gasteiger partial charge on any atom is 0.416 e. The second kappa shape index (κ2) is 8.10. The van der Waals surface area contributed by atoms with Crippen molar-refractivity contribution in [2.24, 2.45) is 0 Å². The molecule has 3 rings (SSSR count). The van der Waals surface area contributed by atoms with Gasteiger partial charge in [-0.05, 0) is 49.4 Å². The number of carbonyl (C=O) groups excluding carboxylic acids is 1. The minimum Gasteiger partial charge on any atom is -0.368 e. The minimum absolute atomic E-state index is 0.144. The number of rotatable bonds is 5. The van der Waals surface area contributed by atoms with Gasteiger partial charge in [-0.2, -0.15) is 13.2 Å². The van der Waals surface area contributed by atoms with E-state index in [1.165, 1.54) is 12.5 Å². The first-order chi connectivity index (χ1) is 13.7. The maximum atomic E-state index is 12.8. The second-order valence-electron chi connectivity index (χ2n) is 7.01. The fraction of sp³-hybridized carbons (Fsp3) is 0.350. The molecule has 0 aromatic heterocycles. The van der Waals surface area contributed by atoms with Crippen LogP contribution in [0.25, 0.3) is 0 Å². The van der Waals surface area contributed by atoms with Crippen LogP contribution in [-0.4, -0.2) is 16.9 Å². The Morgan fingerprint density at radius 3 is 2.66 bits per heavy atom. The molecular weight excluding hydrogens is 387 g/mol. The van der Waals surface area contributed by atoms with E-state index < -0.39 is 28.4 Å². The third-order valence-corrected chi connectivity index (χ3v) is 4.97. The number of hydrogen-bond donors (Lipinski definition) is 2. The molecule has 2 aromatic carbocycles. The molecule has 0 fully saturated rings. The summed E-state index contributed by atoms with van der Waals surface area (Å²) in [6.45, 7) is 1.51. The van der Waals surface area contributed by atoms with Gasteiger partial charge in [-0.25, -0.2) is 0 Å². The molecule has 9 heteroatoms. The Hall–Kier alpha value is -3.10. The van der Waals surface area contributed by atoms with E-state index in [2.05, 4.69) is 10.6 Å². The van der Waals surface area contributed by atoms with E-state index in [1.807, 2.05) is 24.3 Å². The van der Waals surface area contributed by atoms with Gasteiger partial charge in [-0.15, -0.1) is 0 Å². The van der Waals surface area contributed by atoms with Gasteiger partial charge < -0.3 is 10.6 Å². The highest BCUT2D eigenvalue weighted by atomic mass is 19.4. The smallest absolute Gasteiger partial charge is 0.368 e. The molecule has 2 aromatic rings. The third kappa shape index (κ3) is 4.67. The van der Waals surface area contributed by atoms with Crippen LogP contribution in [0.15, 0.2) is 42.5 Å². The fourth-order valence-corrected chi connectivity index (χ4v) is 3.48. The molecule has 1 aliphatic carbocycles. The molecule has 2 atom stereocenters. The molecule has 0 saturated heterocycles. The summed E-state index contributed by atoms with van der Waals surface area (Å²) in [5.41, 5.74) is 0.214. The van der Waals surface area contributed by atoms with Crippen LogP contribution in [-0.2, 0) is 17.4 Å². The summed E-state index contributed by atoms with van der Waals surface area (Å²) >= 11 is 0. The van der Waals surface area contributed by atoms with Crippen molar-refractivity contribution in [1.29, 1.82) is 0 Å². The van der Waals surface area contributed by atoms with Gasteiger partial charge in [-0.1, -0.05) is 24.3 Å². The largest absolute Gasteiger partial charge is 0.416 e. The van der Waals surface area contributed by atoms with E-state index in [-0.39, 0.29) is 17.6 Å². The van der Waals surface area contributed by atoms with Crippen molar-refractivity contribution in [2.75, 3.05) is 5.32 Å². The number of nitro benzene ring substituents is 1. The Balaban J connectivity index is 1.74. The number of nitrogens with zero attached hydrogens (tertiary/aromatic N) is 1. The van der Waals surface area contributed by atoms with Crippen molar-refractivity contribution in [3.05, 3.63) is 69.3 Å². The molecule has 29 heavy (non-hydrogen) atoms. The summed E-state index contributed by atoms with van der Waals surface area (Å²) in [7, 11) is 0. The molecule has 0 heterocycles. The number of halogens is 3. The zero-order chi connectivity index (χ0) is 21.2. The summed E-state index contributed by atoms with van der Waals surface area (Å²) in [5.74, 6) is -0.388. The predicted octanol–water partition coefficient (Wildman–Crippen LogP) is 4.61. The van der Waals surface area contributed by atoms with Gasteiger partial charge in [0.15, 0.2) is 0 Å². The van der Waals surface area contributed by atoms with Crippen LogP contribution < -0.4 is 10.6 Å². The normalized spacial score (nSPS) is 17.2. The van der Waals surface area contributed by atoms with Gasteiger partial charge in [0, 0.05) is 6.07 Å². The fourth-order valence-electron chi connectivity index (χ4n) is 3.48. The van der Waals surface area contributed by atoms with Crippen LogP contribution in [0.4, 0.5) is 24.5 Å². The topological polar surface area (TPSA) is 84.3 Å². The van der Waals surface area contributed by atoms with Crippen molar-refractivity contribution in [2.45, 2.75) is 44.4 Å². The monoisotopic (exact) mass is 407 g/mol. The molecule has 0 unspecified atom stereocenters. The number of carbonyl (C=O) groups is 1. The van der Waals surface area contributed by atoms with E-state index in [0.29, 0.717) is 6.07 Å². The minimum atomic E-state index is -4.69. The van der Waals surface area contributed by atoms with E-state index in [0.717, 1.165) is 37.0 Å². The number of anilines is 1. The predicted molar refractivity (Wildman–Crippen MR) is 101 cm³/mol. The lowest BCUT2D eigenvalue weighted by molar-refractivity contribution is -0.384. The van der Waals surface area contributed by atoms with Crippen molar-refractivity contribution in [3.63, 3.8) is 0 Å². The Morgan fingerprint density at radius 1 is 1.24 bits per heavy atom. The highest BCUT2D eigenvalue weighted by Gasteiger charge is 2.33. The van der Waals surface area contributed by atoms with E-state index >= 15 is 0 Å². The lowest BCUT2D eigenvalue weighted by atomic mass is 9.87. The number of hydrogen-bond acceptors (Lipinski definition) is 4. The summed E-state index contributed by atoms with van der Waals surface area (Å²) in [6, 6.07) is 8.95. The first kappa shape index (κ1) is 20.6. The SMILES string of the molecule is C[C@H](Nc1ccc(C(F)(F)F)cc1[N+](=O)[O-])C(=O)N[C@H]1CCCc2ccccc21. The second-order valence-corrected chi connectivity index (χ2v) is 7.01. The van der Waals surface area contributed by atoms with Crippen molar-refractivity contribution in [3.8, 4) is 0 Å². The standard InChI is InChI=1S/C20H20F3N3O3/c1-12(19(27)25-16-8-4-6-13-5-2-3-7-15(13)16)24-17-10-9-14(20(21,22)23)11-18(17)26(28)29/h2-3,5,7,9-12,16,24H,4,6,8H2,1H3,(H,25,27)/t12-,16-/m0/s1. The molecule has 0 spiro atoms. The molecule has 0 aliphatic heterocycles. The molecule has 0 saturated carbocycles. The number of aryl methyl sites for hydroxylation is 1. The summed E-state index contributed by atoms with van der Waals surface area (Å²) < 4.78 is 38.5. The maximum absolute atomic E-state index is 12.8. The van der Waals surface area contributed by atoms with Gasteiger partial charge >= 0.3 is 6.18 Å². The molecule has 0 radical (unpaired) electrons. The molecule has 0 bridgehead atoms. The average molecular weight is 407 g/mol. The molecular formula is C20H20F3N3O3.